The van der Waals surface area contributed by atoms with Crippen molar-refractivity contribution >= 4 is 6.09 Å². The summed E-state index contributed by atoms with van der Waals surface area (Å²) in [5.74, 6) is 0. The van der Waals surface area contributed by atoms with E-state index in [9.17, 15) is 4.79 Å². The molecule has 1 atom stereocenters. The molecule has 0 aromatic carbocycles. The number of amides is 1. The number of likely N-dealkylation sites (N-methyl/N-ethyl adjacent to an activating group) is 1. The fraction of sp³-hybridized carbons (Fsp3) is 0.875. The predicted octanol–water partition coefficient (Wildman–Crippen LogP) is -0.327. The zero-order chi connectivity index (χ0) is 9.68. The molecule has 1 fully saturated rings. The third kappa shape index (κ3) is 3.20. The molecule has 76 valence electrons. The van der Waals surface area contributed by atoms with Crippen molar-refractivity contribution in [3.63, 3.8) is 0 Å². The first-order valence-corrected chi connectivity index (χ1v) is 4.34. The Bertz CT molecular complexity index is 169. The molecule has 0 bridgehead atoms. The van der Waals surface area contributed by atoms with Gasteiger partial charge in [-0.05, 0) is 0 Å². The Morgan fingerprint density at radius 1 is 1.77 bits per heavy atom. The van der Waals surface area contributed by atoms with Crippen LogP contribution in [0.5, 0.6) is 0 Å². The van der Waals surface area contributed by atoms with Crippen LogP contribution in [-0.2, 0) is 9.47 Å². The number of nitrogens with zero attached hydrogens (tertiary/aromatic N) is 1. The Kier molecular flexibility index (Phi) is 3.98. The maximum atomic E-state index is 11.0. The van der Waals surface area contributed by atoms with Gasteiger partial charge in [0.25, 0.3) is 0 Å². The molecule has 5 heteroatoms. The number of carbonyl (C=O) groups is 1. The summed E-state index contributed by atoms with van der Waals surface area (Å²) in [4.78, 5) is 12.6. The number of rotatable bonds is 2. The van der Waals surface area contributed by atoms with Gasteiger partial charge in [-0.1, -0.05) is 0 Å². The molecule has 0 aromatic heterocycles. The van der Waals surface area contributed by atoms with Crippen molar-refractivity contribution in [3.8, 4) is 0 Å². The highest BCUT2D eigenvalue weighted by Crippen LogP contribution is 1.97. The Labute approximate surface area is 78.0 Å². The molecule has 0 aliphatic carbocycles. The van der Waals surface area contributed by atoms with Crippen LogP contribution in [0.2, 0.25) is 0 Å². The van der Waals surface area contributed by atoms with Crippen molar-refractivity contribution in [2.45, 2.75) is 6.04 Å². The summed E-state index contributed by atoms with van der Waals surface area (Å²) >= 11 is 0. The molecule has 1 amide bonds. The van der Waals surface area contributed by atoms with E-state index in [4.69, 9.17) is 4.74 Å². The van der Waals surface area contributed by atoms with Crippen LogP contribution >= 0.6 is 0 Å². The summed E-state index contributed by atoms with van der Waals surface area (Å²) in [6.45, 7) is 2.87. The highest BCUT2D eigenvalue weighted by atomic mass is 16.5. The minimum Gasteiger partial charge on any atom is -0.453 e. The number of nitrogens with one attached hydrogen (secondary N) is 1. The molecule has 13 heavy (non-hydrogen) atoms. The van der Waals surface area contributed by atoms with Crippen LogP contribution in [0.1, 0.15) is 0 Å². The third-order valence-corrected chi connectivity index (χ3v) is 1.98. The summed E-state index contributed by atoms with van der Waals surface area (Å²) in [6.07, 6.45) is -0.313. The maximum absolute atomic E-state index is 11.0. The van der Waals surface area contributed by atoms with Crippen molar-refractivity contribution in [1.82, 2.24) is 10.2 Å². The van der Waals surface area contributed by atoms with E-state index >= 15 is 0 Å². The third-order valence-electron chi connectivity index (χ3n) is 1.98. The average Bonchev–Trinajstić information content (AvgIpc) is 2.18. The van der Waals surface area contributed by atoms with Crippen LogP contribution in [0.25, 0.3) is 0 Å². The molecule has 1 aliphatic rings. The second kappa shape index (κ2) is 5.04. The lowest BCUT2D eigenvalue weighted by Crippen LogP contribution is -2.48. The zero-order valence-corrected chi connectivity index (χ0v) is 8.08. The van der Waals surface area contributed by atoms with Gasteiger partial charge in [-0.15, -0.1) is 0 Å². The van der Waals surface area contributed by atoms with E-state index in [0.29, 0.717) is 13.2 Å². The molecule has 1 unspecified atom stereocenters. The van der Waals surface area contributed by atoms with Crippen LogP contribution in [0, 0.1) is 0 Å². The van der Waals surface area contributed by atoms with Gasteiger partial charge in [0, 0.05) is 26.2 Å². The molecule has 5 nitrogen and oxygen atoms in total. The summed E-state index contributed by atoms with van der Waals surface area (Å²) in [7, 11) is 3.09. The first kappa shape index (κ1) is 10.3. The molecular weight excluding hydrogens is 172 g/mol. The van der Waals surface area contributed by atoms with Crippen LogP contribution in [0.4, 0.5) is 4.79 Å². The number of hydrogen-bond acceptors (Lipinski definition) is 4. The van der Waals surface area contributed by atoms with E-state index < -0.39 is 0 Å². The van der Waals surface area contributed by atoms with Gasteiger partial charge in [-0.25, -0.2) is 4.79 Å². The minimum absolute atomic E-state index is 0.220. The summed E-state index contributed by atoms with van der Waals surface area (Å²) in [5, 5.41) is 3.25. The topological polar surface area (TPSA) is 50.8 Å². The fourth-order valence-corrected chi connectivity index (χ4v) is 1.30. The van der Waals surface area contributed by atoms with Gasteiger partial charge in [-0.2, -0.15) is 0 Å². The maximum Gasteiger partial charge on any atom is 0.409 e. The smallest absolute Gasteiger partial charge is 0.409 e. The van der Waals surface area contributed by atoms with Crippen LogP contribution in [0.3, 0.4) is 0 Å². The van der Waals surface area contributed by atoms with E-state index in [0.717, 1.165) is 13.2 Å². The quantitative estimate of drug-likeness (QED) is 0.645. The highest BCUT2D eigenvalue weighted by molar-refractivity contribution is 5.66. The van der Waals surface area contributed by atoms with Gasteiger partial charge in [0.15, 0.2) is 0 Å². The molecule has 1 N–H and O–H groups in total. The summed E-state index contributed by atoms with van der Waals surface area (Å²) in [5.41, 5.74) is 0. The average molecular weight is 188 g/mol. The van der Waals surface area contributed by atoms with E-state index in [1.807, 2.05) is 0 Å². The lowest BCUT2D eigenvalue weighted by molar-refractivity contribution is 0.0623. The van der Waals surface area contributed by atoms with Crippen LogP contribution < -0.4 is 5.32 Å². The van der Waals surface area contributed by atoms with Crippen molar-refractivity contribution in [2.75, 3.05) is 40.5 Å². The number of morpholine rings is 1. The van der Waals surface area contributed by atoms with Gasteiger partial charge in [0.2, 0.25) is 0 Å². The van der Waals surface area contributed by atoms with E-state index in [1.165, 1.54) is 12.0 Å². The SMILES string of the molecule is COC(=O)N(C)CC1COCCN1. The van der Waals surface area contributed by atoms with E-state index in [-0.39, 0.29) is 12.1 Å². The fourth-order valence-electron chi connectivity index (χ4n) is 1.30. The van der Waals surface area contributed by atoms with Crippen molar-refractivity contribution in [1.29, 1.82) is 0 Å². The number of hydrogen-bond donors (Lipinski definition) is 1. The molecule has 1 aliphatic heterocycles. The van der Waals surface area contributed by atoms with Gasteiger partial charge >= 0.3 is 6.09 Å². The first-order valence-electron chi connectivity index (χ1n) is 4.34. The standard InChI is InChI=1S/C8H16N2O3/c1-10(8(11)12-2)5-7-6-13-4-3-9-7/h7,9H,3-6H2,1-2H3. The van der Waals surface area contributed by atoms with E-state index in [2.05, 4.69) is 10.1 Å². The largest absolute Gasteiger partial charge is 0.453 e. The highest BCUT2D eigenvalue weighted by Gasteiger charge is 2.17. The Morgan fingerprint density at radius 2 is 2.54 bits per heavy atom. The molecule has 1 rings (SSSR count). The number of methoxy groups -OCH3 is 1. The van der Waals surface area contributed by atoms with Gasteiger partial charge in [0.05, 0.1) is 20.3 Å². The van der Waals surface area contributed by atoms with Crippen LogP contribution in [-0.4, -0.2) is 57.5 Å². The van der Waals surface area contributed by atoms with E-state index in [1.54, 1.807) is 7.05 Å². The van der Waals surface area contributed by atoms with Crippen LogP contribution in [0.15, 0.2) is 0 Å². The second-order valence-electron chi connectivity index (χ2n) is 3.08. The molecule has 0 saturated carbocycles. The summed E-state index contributed by atoms with van der Waals surface area (Å²) in [6, 6.07) is 0.220. The minimum atomic E-state index is -0.313. The van der Waals surface area contributed by atoms with Gasteiger partial charge in [-0.3, -0.25) is 0 Å². The van der Waals surface area contributed by atoms with Crippen molar-refractivity contribution < 1.29 is 14.3 Å². The Morgan fingerprint density at radius 3 is 3.08 bits per heavy atom. The predicted molar refractivity (Wildman–Crippen MR) is 47.6 cm³/mol. The molecule has 0 spiro atoms. The van der Waals surface area contributed by atoms with Gasteiger partial charge < -0.3 is 19.7 Å². The zero-order valence-electron chi connectivity index (χ0n) is 8.08. The number of ether oxygens (including phenoxy) is 2. The second-order valence-corrected chi connectivity index (χ2v) is 3.08. The molecular formula is C8H16N2O3. The lowest BCUT2D eigenvalue weighted by atomic mass is 10.2. The van der Waals surface area contributed by atoms with Crippen molar-refractivity contribution in [3.05, 3.63) is 0 Å². The Hall–Kier alpha value is -0.810. The van der Waals surface area contributed by atoms with Gasteiger partial charge in [0.1, 0.15) is 0 Å². The molecule has 1 heterocycles. The summed E-state index contributed by atoms with van der Waals surface area (Å²) < 4.78 is 9.83. The first-order chi connectivity index (χ1) is 6.24. The number of carbonyl (C=O) groups excluding carboxylic acids is 1. The Balaban J connectivity index is 2.25. The normalized spacial score (nSPS) is 22.5. The molecule has 0 radical (unpaired) electrons. The molecule has 0 aromatic rings. The lowest BCUT2D eigenvalue weighted by Gasteiger charge is -2.27. The monoisotopic (exact) mass is 188 g/mol. The molecule has 1 saturated heterocycles. The van der Waals surface area contributed by atoms with Crippen molar-refractivity contribution in [2.24, 2.45) is 0 Å².